The molecule has 1 rings (SSSR count). The van der Waals surface area contributed by atoms with Gasteiger partial charge in [0.1, 0.15) is 0 Å². The Balaban J connectivity index is 2.71. The van der Waals surface area contributed by atoms with Crippen LogP contribution in [-0.4, -0.2) is 10.8 Å². The van der Waals surface area contributed by atoms with E-state index < -0.39 is 0 Å². The molecule has 0 saturated carbocycles. The van der Waals surface area contributed by atoms with Crippen LogP contribution in [0, 0.1) is 0 Å². The quantitative estimate of drug-likeness (QED) is 0.448. The van der Waals surface area contributed by atoms with E-state index in [4.69, 9.17) is 0 Å². The molecule has 1 aliphatic heterocycles. The van der Waals surface area contributed by atoms with Crippen LogP contribution < -0.4 is 4.67 Å². The molecule has 6 heavy (non-hydrogen) atoms. The van der Waals surface area contributed by atoms with E-state index in [2.05, 4.69) is 20.6 Å². The molecular formula is C4H5BrN+. The monoisotopic (exact) mass is 146 g/mol. The van der Waals surface area contributed by atoms with Crippen LogP contribution >= 0.6 is 15.9 Å². The lowest BCUT2D eigenvalue weighted by atomic mass is 10.4. The summed E-state index contributed by atoms with van der Waals surface area (Å²) < 4.78 is 5.03. The molecule has 0 spiro atoms. The van der Waals surface area contributed by atoms with Crippen molar-refractivity contribution in [2.75, 3.05) is 0 Å². The van der Waals surface area contributed by atoms with E-state index in [0.717, 1.165) is 17.5 Å². The zero-order chi connectivity index (χ0) is 4.41. The fraction of sp³-hybridized carbons (Fsp3) is 0.500. The van der Waals surface area contributed by atoms with Crippen molar-refractivity contribution in [3.8, 4) is 0 Å². The maximum absolute atomic E-state index is 3.94. The molecule has 1 heterocycles. The summed E-state index contributed by atoms with van der Waals surface area (Å²) in [7, 11) is 0. The Hall–Kier alpha value is -0.0700. The van der Waals surface area contributed by atoms with E-state index in [1.807, 2.05) is 6.21 Å². The minimum Gasteiger partial charge on any atom is -0.0944 e. The fourth-order valence-electron chi connectivity index (χ4n) is 0.412. The summed E-state index contributed by atoms with van der Waals surface area (Å²) in [6, 6.07) is 0. The van der Waals surface area contributed by atoms with E-state index in [-0.39, 0.29) is 0 Å². The van der Waals surface area contributed by atoms with E-state index in [1.165, 1.54) is 0 Å². The largest absolute Gasteiger partial charge is 0.344 e. The minimum atomic E-state index is 1.09. The average molecular weight is 147 g/mol. The lowest BCUT2D eigenvalue weighted by Gasteiger charge is -1.61. The average Bonchev–Trinajstić information content (AvgIpc) is 1.86. The second-order valence-electron chi connectivity index (χ2n) is 1.23. The van der Waals surface area contributed by atoms with Crippen LogP contribution in [-0.2, 0) is 0 Å². The van der Waals surface area contributed by atoms with Gasteiger partial charge in [0.25, 0.3) is 6.21 Å². The zero-order valence-corrected chi connectivity index (χ0v) is 4.90. The number of halogens is 1. The number of hydrogen-bond donors (Lipinski definition) is 0. The smallest absolute Gasteiger partial charge is 0.0944 e. The highest BCUT2D eigenvalue weighted by atomic mass is 79.9. The first-order valence-electron chi connectivity index (χ1n) is 1.93. The highest BCUT2D eigenvalue weighted by molar-refractivity contribution is 9.18. The van der Waals surface area contributed by atoms with Gasteiger partial charge in [0.2, 0.25) is 0 Å². The molecular weight excluding hydrogens is 142 g/mol. The summed E-state index contributed by atoms with van der Waals surface area (Å²) in [5, 5.41) is 0. The van der Waals surface area contributed by atoms with Crippen molar-refractivity contribution >= 4 is 26.8 Å². The van der Waals surface area contributed by atoms with Gasteiger partial charge in [0, 0.05) is 15.9 Å². The maximum atomic E-state index is 3.94. The first-order valence-corrected chi connectivity index (χ1v) is 2.73. The Bertz CT molecular complexity index is 111. The van der Waals surface area contributed by atoms with Crippen LogP contribution in [0.1, 0.15) is 12.8 Å². The molecule has 32 valence electrons. The number of nitrogens with zero attached hydrogens (tertiary/aromatic N) is 1. The first kappa shape index (κ1) is 4.10. The van der Waals surface area contributed by atoms with Crippen molar-refractivity contribution in [1.82, 2.24) is 4.67 Å². The third-order valence-corrected chi connectivity index (χ3v) is 1.31. The number of rotatable bonds is 0. The predicted molar refractivity (Wildman–Crippen MR) is 31.4 cm³/mol. The highest BCUT2D eigenvalue weighted by Gasteiger charge is 2.08. The molecule has 0 aromatic rings. The summed E-state index contributed by atoms with van der Waals surface area (Å²) >= 11 is 3.26. The predicted octanol–water partition coefficient (Wildman–Crippen LogP) is 0.712. The summed E-state index contributed by atoms with van der Waals surface area (Å²) in [5.74, 6) is 0. The van der Waals surface area contributed by atoms with Crippen LogP contribution in [0.4, 0.5) is 0 Å². The summed E-state index contributed by atoms with van der Waals surface area (Å²) in [6.45, 7) is 0. The Morgan fingerprint density at radius 2 is 2.67 bits per heavy atom. The Morgan fingerprint density at radius 3 is 2.83 bits per heavy atom. The summed E-state index contributed by atoms with van der Waals surface area (Å²) in [6.07, 6.45) is 4.13. The van der Waals surface area contributed by atoms with Crippen molar-refractivity contribution in [3.05, 3.63) is 0 Å². The van der Waals surface area contributed by atoms with E-state index in [9.17, 15) is 0 Å². The van der Waals surface area contributed by atoms with Crippen LogP contribution in [0.5, 0.6) is 0 Å². The van der Waals surface area contributed by atoms with Gasteiger partial charge in [-0.25, -0.2) is 0 Å². The third kappa shape index (κ3) is 0.703. The van der Waals surface area contributed by atoms with Crippen molar-refractivity contribution in [2.45, 2.75) is 12.8 Å². The van der Waals surface area contributed by atoms with Gasteiger partial charge in [0.05, 0.1) is 12.8 Å². The van der Waals surface area contributed by atoms with Gasteiger partial charge in [-0.05, 0) is 0 Å². The SMILES string of the molecule is BrC1=[N+]=CCC1. The Morgan fingerprint density at radius 1 is 1.83 bits per heavy atom. The lowest BCUT2D eigenvalue weighted by Crippen LogP contribution is -1.77. The molecule has 1 aliphatic rings. The van der Waals surface area contributed by atoms with Crippen molar-refractivity contribution < 1.29 is 0 Å². The van der Waals surface area contributed by atoms with Gasteiger partial charge in [-0.2, -0.15) is 0 Å². The second-order valence-corrected chi connectivity index (χ2v) is 2.14. The van der Waals surface area contributed by atoms with Crippen LogP contribution in [0.15, 0.2) is 0 Å². The first-order chi connectivity index (χ1) is 2.89. The molecule has 0 atom stereocenters. The van der Waals surface area contributed by atoms with E-state index in [0.29, 0.717) is 0 Å². The fourth-order valence-corrected chi connectivity index (χ4v) is 0.786. The van der Waals surface area contributed by atoms with Crippen molar-refractivity contribution in [3.63, 3.8) is 0 Å². The van der Waals surface area contributed by atoms with Gasteiger partial charge >= 0.3 is 4.62 Å². The summed E-state index contributed by atoms with van der Waals surface area (Å²) in [4.78, 5) is 0. The molecule has 0 aromatic heterocycles. The molecule has 0 amide bonds. The van der Waals surface area contributed by atoms with Gasteiger partial charge in [-0.3, -0.25) is 0 Å². The zero-order valence-electron chi connectivity index (χ0n) is 3.32. The van der Waals surface area contributed by atoms with Gasteiger partial charge in [-0.15, -0.1) is 0 Å². The van der Waals surface area contributed by atoms with Crippen molar-refractivity contribution in [2.24, 2.45) is 0 Å². The van der Waals surface area contributed by atoms with Gasteiger partial charge in [-0.1, -0.05) is 4.67 Å². The topological polar surface area (TPSA) is 14.1 Å². The highest BCUT2D eigenvalue weighted by Crippen LogP contribution is 1.96. The molecule has 0 aromatic carbocycles. The van der Waals surface area contributed by atoms with Crippen LogP contribution in [0.2, 0.25) is 0 Å². The van der Waals surface area contributed by atoms with Gasteiger partial charge in [0.15, 0.2) is 0 Å². The summed E-state index contributed by atoms with van der Waals surface area (Å²) in [5.41, 5.74) is 0. The molecule has 0 fully saturated rings. The Kier molecular flexibility index (Phi) is 1.08. The standard InChI is InChI=1S/C4H5BrN/c5-4-2-1-3-6-4/h3H,1-2H2/q+1. The maximum Gasteiger partial charge on any atom is 0.344 e. The van der Waals surface area contributed by atoms with E-state index in [1.54, 1.807) is 0 Å². The molecule has 1 nitrogen and oxygen atoms in total. The molecule has 0 N–H and O–H groups in total. The van der Waals surface area contributed by atoms with Crippen molar-refractivity contribution in [1.29, 1.82) is 0 Å². The molecule has 2 heteroatoms. The second kappa shape index (κ2) is 1.59. The van der Waals surface area contributed by atoms with Crippen LogP contribution in [0.3, 0.4) is 0 Å². The Labute approximate surface area is 44.9 Å². The van der Waals surface area contributed by atoms with E-state index >= 15 is 0 Å². The number of hydrogen-bond acceptors (Lipinski definition) is 0. The minimum absolute atomic E-state index is 1.09. The molecule has 0 bridgehead atoms. The third-order valence-electron chi connectivity index (χ3n) is 0.711. The molecule has 0 aliphatic carbocycles. The lowest BCUT2D eigenvalue weighted by molar-refractivity contribution is 1.23. The van der Waals surface area contributed by atoms with Gasteiger partial charge < -0.3 is 0 Å². The normalized spacial score (nSPS) is 18.5. The molecule has 0 saturated heterocycles. The molecule has 0 unspecified atom stereocenters. The van der Waals surface area contributed by atoms with Crippen LogP contribution in [0.25, 0.3) is 0 Å². The molecule has 0 radical (unpaired) electrons.